The molecule has 0 aliphatic carbocycles. The molecule has 2 N–H and O–H groups in total. The number of hydrogen-bond acceptors (Lipinski definition) is 4. The molecular formula is C23H22N4O3. The van der Waals surface area contributed by atoms with Gasteiger partial charge in [-0.05, 0) is 69.3 Å². The van der Waals surface area contributed by atoms with Crippen LogP contribution in [0.3, 0.4) is 0 Å². The second-order valence-electron chi connectivity index (χ2n) is 6.82. The second-order valence-corrected chi connectivity index (χ2v) is 6.82. The third-order valence-corrected chi connectivity index (χ3v) is 4.59. The molecule has 2 aromatic carbocycles. The van der Waals surface area contributed by atoms with E-state index in [1.54, 1.807) is 60.1 Å². The Kier molecular flexibility index (Phi) is 6.18. The summed E-state index contributed by atoms with van der Waals surface area (Å²) in [6, 6.07) is 19.2. The summed E-state index contributed by atoms with van der Waals surface area (Å²) in [6.45, 7) is 5.43. The SMILES string of the molecule is Cc1ccc(C)n1NC(=O)c1ccc(O[C@@H](C)C(=O)Nc2ccccc2C#N)cc1. The molecule has 0 bridgehead atoms. The average molecular weight is 402 g/mol. The Morgan fingerprint density at radius 2 is 1.63 bits per heavy atom. The molecule has 30 heavy (non-hydrogen) atoms. The zero-order valence-corrected chi connectivity index (χ0v) is 17.0. The van der Waals surface area contributed by atoms with E-state index < -0.39 is 6.10 Å². The predicted molar refractivity (Wildman–Crippen MR) is 114 cm³/mol. The van der Waals surface area contributed by atoms with E-state index in [9.17, 15) is 9.59 Å². The summed E-state index contributed by atoms with van der Waals surface area (Å²) < 4.78 is 7.39. The lowest BCUT2D eigenvalue weighted by Crippen LogP contribution is -2.30. The Balaban J connectivity index is 1.61. The van der Waals surface area contributed by atoms with Crippen molar-refractivity contribution in [3.05, 3.63) is 83.2 Å². The van der Waals surface area contributed by atoms with E-state index in [-0.39, 0.29) is 11.8 Å². The van der Waals surface area contributed by atoms with Crippen LogP contribution in [0.25, 0.3) is 0 Å². The minimum absolute atomic E-state index is 0.247. The number of aryl methyl sites for hydroxylation is 2. The number of carbonyl (C=O) groups excluding carboxylic acids is 2. The minimum atomic E-state index is -0.790. The van der Waals surface area contributed by atoms with E-state index in [2.05, 4.69) is 10.7 Å². The molecule has 0 radical (unpaired) electrons. The molecule has 0 aliphatic rings. The molecule has 3 aromatic rings. The predicted octanol–water partition coefficient (Wildman–Crippen LogP) is 3.77. The van der Waals surface area contributed by atoms with Crippen molar-refractivity contribution in [3.63, 3.8) is 0 Å². The average Bonchev–Trinajstić information content (AvgIpc) is 3.06. The molecule has 1 aromatic heterocycles. The van der Waals surface area contributed by atoms with Crippen molar-refractivity contribution in [1.82, 2.24) is 4.68 Å². The summed E-state index contributed by atoms with van der Waals surface area (Å²) >= 11 is 0. The first kappa shape index (κ1) is 20.7. The number of nitrogens with zero attached hydrogens (tertiary/aromatic N) is 2. The number of nitriles is 1. The fraction of sp³-hybridized carbons (Fsp3) is 0.174. The van der Waals surface area contributed by atoms with Crippen molar-refractivity contribution in [1.29, 1.82) is 5.26 Å². The van der Waals surface area contributed by atoms with Gasteiger partial charge in [0.05, 0.1) is 11.3 Å². The second kappa shape index (κ2) is 8.97. The number of rotatable bonds is 6. The Morgan fingerprint density at radius 1 is 1.00 bits per heavy atom. The monoisotopic (exact) mass is 402 g/mol. The molecule has 1 atom stereocenters. The van der Waals surface area contributed by atoms with Crippen molar-refractivity contribution in [2.45, 2.75) is 26.9 Å². The molecule has 7 heteroatoms. The van der Waals surface area contributed by atoms with Crippen LogP contribution in [-0.4, -0.2) is 22.6 Å². The van der Waals surface area contributed by atoms with Crippen molar-refractivity contribution in [3.8, 4) is 11.8 Å². The summed E-state index contributed by atoms with van der Waals surface area (Å²) in [5, 5.41) is 11.8. The van der Waals surface area contributed by atoms with Gasteiger partial charge in [0.2, 0.25) is 0 Å². The van der Waals surface area contributed by atoms with E-state index in [0.717, 1.165) is 11.4 Å². The van der Waals surface area contributed by atoms with Gasteiger partial charge >= 0.3 is 0 Å². The van der Waals surface area contributed by atoms with Crippen molar-refractivity contribution in [2.75, 3.05) is 10.7 Å². The first-order chi connectivity index (χ1) is 14.4. The van der Waals surface area contributed by atoms with Crippen LogP contribution in [0, 0.1) is 25.2 Å². The maximum absolute atomic E-state index is 12.5. The van der Waals surface area contributed by atoms with Gasteiger partial charge in [-0.3, -0.25) is 19.7 Å². The molecule has 0 saturated heterocycles. The Labute approximate surface area is 174 Å². The lowest BCUT2D eigenvalue weighted by molar-refractivity contribution is -0.122. The molecule has 152 valence electrons. The molecular weight excluding hydrogens is 380 g/mol. The van der Waals surface area contributed by atoms with E-state index in [0.29, 0.717) is 22.6 Å². The van der Waals surface area contributed by atoms with Gasteiger partial charge in [0.15, 0.2) is 6.10 Å². The van der Waals surface area contributed by atoms with Crippen molar-refractivity contribution in [2.24, 2.45) is 0 Å². The smallest absolute Gasteiger partial charge is 0.270 e. The van der Waals surface area contributed by atoms with Crippen LogP contribution in [-0.2, 0) is 4.79 Å². The zero-order chi connectivity index (χ0) is 21.7. The largest absolute Gasteiger partial charge is 0.481 e. The van der Waals surface area contributed by atoms with Crippen LogP contribution in [0.5, 0.6) is 5.75 Å². The summed E-state index contributed by atoms with van der Waals surface area (Å²) in [7, 11) is 0. The molecule has 0 saturated carbocycles. The minimum Gasteiger partial charge on any atom is -0.481 e. The van der Waals surface area contributed by atoms with Crippen LogP contribution in [0.4, 0.5) is 5.69 Å². The number of aromatic nitrogens is 1. The maximum atomic E-state index is 12.5. The van der Waals surface area contributed by atoms with Crippen LogP contribution in [0.2, 0.25) is 0 Å². The fourth-order valence-electron chi connectivity index (χ4n) is 2.88. The highest BCUT2D eigenvalue weighted by atomic mass is 16.5. The van der Waals surface area contributed by atoms with E-state index in [1.807, 2.05) is 32.0 Å². The first-order valence-electron chi connectivity index (χ1n) is 9.42. The molecule has 0 spiro atoms. The highest BCUT2D eigenvalue weighted by Crippen LogP contribution is 2.17. The van der Waals surface area contributed by atoms with Crippen molar-refractivity contribution < 1.29 is 14.3 Å². The summed E-state index contributed by atoms with van der Waals surface area (Å²) in [5.74, 6) is -0.169. The van der Waals surface area contributed by atoms with Gasteiger partial charge in [-0.15, -0.1) is 0 Å². The van der Waals surface area contributed by atoms with Crippen molar-refractivity contribution >= 4 is 17.5 Å². The maximum Gasteiger partial charge on any atom is 0.270 e. The third-order valence-electron chi connectivity index (χ3n) is 4.59. The number of ether oxygens (including phenoxy) is 1. The third kappa shape index (κ3) is 4.67. The fourth-order valence-corrected chi connectivity index (χ4v) is 2.88. The van der Waals surface area contributed by atoms with Crippen LogP contribution in [0.15, 0.2) is 60.7 Å². The highest BCUT2D eigenvalue weighted by molar-refractivity contribution is 6.00. The van der Waals surface area contributed by atoms with Gasteiger partial charge < -0.3 is 10.1 Å². The van der Waals surface area contributed by atoms with E-state index >= 15 is 0 Å². The van der Waals surface area contributed by atoms with E-state index in [1.165, 1.54) is 0 Å². The summed E-state index contributed by atoms with van der Waals surface area (Å²) in [5.41, 5.74) is 5.97. The van der Waals surface area contributed by atoms with Gasteiger partial charge in [-0.1, -0.05) is 12.1 Å². The van der Waals surface area contributed by atoms with Gasteiger partial charge in [0.25, 0.3) is 11.8 Å². The summed E-state index contributed by atoms with van der Waals surface area (Å²) in [4.78, 5) is 24.8. The molecule has 0 aliphatic heterocycles. The Hall–Kier alpha value is -4.05. The van der Waals surface area contributed by atoms with Gasteiger partial charge in [-0.25, -0.2) is 0 Å². The molecule has 7 nitrogen and oxygen atoms in total. The normalized spacial score (nSPS) is 11.3. The van der Waals surface area contributed by atoms with Gasteiger partial charge in [-0.2, -0.15) is 5.26 Å². The number of anilines is 1. The standard InChI is InChI=1S/C23H22N4O3/c1-15-8-9-16(2)27(15)26-23(29)18-10-12-20(13-11-18)30-17(3)22(28)25-21-7-5-4-6-19(21)14-24/h4-13,17H,1-3H3,(H,25,28)(H,26,29)/t17-/m0/s1. The van der Waals surface area contributed by atoms with Crippen LogP contribution < -0.4 is 15.5 Å². The topological polar surface area (TPSA) is 96.2 Å². The number of amides is 2. The van der Waals surface area contributed by atoms with Crippen LogP contribution >= 0.6 is 0 Å². The van der Waals surface area contributed by atoms with E-state index in [4.69, 9.17) is 10.00 Å². The highest BCUT2D eigenvalue weighted by Gasteiger charge is 2.17. The molecule has 0 fully saturated rings. The molecule has 1 heterocycles. The Bertz CT molecular complexity index is 1090. The number of para-hydroxylation sites is 1. The quantitative estimate of drug-likeness (QED) is 0.656. The summed E-state index contributed by atoms with van der Waals surface area (Å²) in [6.07, 6.45) is -0.790. The molecule has 0 unspecified atom stereocenters. The Morgan fingerprint density at radius 3 is 2.27 bits per heavy atom. The van der Waals surface area contributed by atoms with Gasteiger partial charge in [0, 0.05) is 17.0 Å². The number of hydrogen-bond donors (Lipinski definition) is 2. The number of benzene rings is 2. The molecule has 3 rings (SSSR count). The zero-order valence-electron chi connectivity index (χ0n) is 17.0. The van der Waals surface area contributed by atoms with Crippen LogP contribution in [0.1, 0.15) is 34.2 Å². The number of carbonyl (C=O) groups is 2. The lowest BCUT2D eigenvalue weighted by Gasteiger charge is -2.16. The number of nitrogens with one attached hydrogen (secondary N) is 2. The lowest BCUT2D eigenvalue weighted by atomic mass is 10.2. The molecule has 2 amide bonds. The van der Waals surface area contributed by atoms with Gasteiger partial charge in [0.1, 0.15) is 11.8 Å². The first-order valence-corrected chi connectivity index (χ1v) is 9.42.